The molecule has 3 fully saturated rings. The molecule has 1 aromatic heterocycles. The molecule has 2 aliphatic carbocycles. The summed E-state index contributed by atoms with van der Waals surface area (Å²) in [7, 11) is 0. The summed E-state index contributed by atoms with van der Waals surface area (Å²) in [5.74, 6) is 1.88. The smallest absolute Gasteiger partial charge is 0.117 e. The zero-order chi connectivity index (χ0) is 13.4. The van der Waals surface area contributed by atoms with Crippen molar-refractivity contribution in [3.8, 4) is 0 Å². The van der Waals surface area contributed by atoms with E-state index in [1.54, 1.807) is 6.26 Å². The lowest BCUT2D eigenvalue weighted by atomic mass is 10.1. The summed E-state index contributed by atoms with van der Waals surface area (Å²) in [5, 5.41) is 0. The van der Waals surface area contributed by atoms with Crippen LogP contribution < -0.4 is 0 Å². The van der Waals surface area contributed by atoms with Crippen LogP contribution in [-0.4, -0.2) is 42.9 Å². The van der Waals surface area contributed by atoms with Crippen LogP contribution in [0.5, 0.6) is 0 Å². The van der Waals surface area contributed by atoms with Gasteiger partial charge in [0.05, 0.1) is 31.6 Å². The molecule has 0 aromatic carbocycles. The maximum atomic E-state index is 6.10. The van der Waals surface area contributed by atoms with Crippen molar-refractivity contribution in [3.05, 3.63) is 24.2 Å². The molecule has 4 rings (SSSR count). The van der Waals surface area contributed by atoms with E-state index in [4.69, 9.17) is 13.9 Å². The van der Waals surface area contributed by atoms with Gasteiger partial charge >= 0.3 is 0 Å². The van der Waals surface area contributed by atoms with Gasteiger partial charge in [-0.2, -0.15) is 0 Å². The van der Waals surface area contributed by atoms with Crippen LogP contribution >= 0.6 is 0 Å². The number of hydrogen-bond acceptors (Lipinski definition) is 4. The van der Waals surface area contributed by atoms with Gasteiger partial charge in [0.1, 0.15) is 5.76 Å². The third-order valence-corrected chi connectivity index (χ3v) is 4.83. The second-order valence-electron chi connectivity index (χ2n) is 6.35. The summed E-state index contributed by atoms with van der Waals surface area (Å²) in [5.41, 5.74) is 0. The van der Waals surface area contributed by atoms with Crippen molar-refractivity contribution in [1.82, 2.24) is 4.90 Å². The van der Waals surface area contributed by atoms with Gasteiger partial charge in [-0.25, -0.2) is 0 Å². The van der Waals surface area contributed by atoms with Crippen molar-refractivity contribution in [3.63, 3.8) is 0 Å². The Morgan fingerprint density at radius 2 is 2.20 bits per heavy atom. The molecule has 0 N–H and O–H groups in total. The summed E-state index contributed by atoms with van der Waals surface area (Å²) in [6.07, 6.45) is 7.34. The molecule has 0 amide bonds. The van der Waals surface area contributed by atoms with E-state index in [-0.39, 0.29) is 6.10 Å². The number of rotatable bonds is 5. The van der Waals surface area contributed by atoms with Gasteiger partial charge in [0, 0.05) is 19.2 Å². The molecule has 3 atom stereocenters. The lowest BCUT2D eigenvalue weighted by molar-refractivity contribution is -0.117. The molecule has 110 valence electrons. The second kappa shape index (κ2) is 5.51. The number of hydrogen-bond donors (Lipinski definition) is 0. The van der Waals surface area contributed by atoms with Gasteiger partial charge in [-0.1, -0.05) is 0 Å². The third kappa shape index (κ3) is 2.65. The molecule has 1 aliphatic heterocycles. The first-order chi connectivity index (χ1) is 9.90. The van der Waals surface area contributed by atoms with E-state index in [0.717, 1.165) is 44.4 Å². The average molecular weight is 277 g/mol. The Morgan fingerprint density at radius 1 is 1.25 bits per heavy atom. The molecule has 4 nitrogen and oxygen atoms in total. The molecule has 2 saturated carbocycles. The van der Waals surface area contributed by atoms with Crippen LogP contribution in [0.1, 0.15) is 31.4 Å². The second-order valence-corrected chi connectivity index (χ2v) is 6.35. The molecule has 0 unspecified atom stereocenters. The summed E-state index contributed by atoms with van der Waals surface area (Å²) in [6, 6.07) is 4.52. The molecular formula is C16H23NO3. The summed E-state index contributed by atoms with van der Waals surface area (Å²) < 4.78 is 17.6. The van der Waals surface area contributed by atoms with Crippen LogP contribution in [0.2, 0.25) is 0 Å². The van der Waals surface area contributed by atoms with E-state index in [9.17, 15) is 0 Å². The van der Waals surface area contributed by atoms with Gasteiger partial charge < -0.3 is 13.9 Å². The van der Waals surface area contributed by atoms with Crippen molar-refractivity contribution in [2.24, 2.45) is 5.92 Å². The van der Waals surface area contributed by atoms with Crippen molar-refractivity contribution in [1.29, 1.82) is 0 Å². The van der Waals surface area contributed by atoms with Crippen molar-refractivity contribution < 1.29 is 13.9 Å². The molecule has 1 saturated heterocycles. The Hall–Kier alpha value is -0.840. The summed E-state index contributed by atoms with van der Waals surface area (Å²) in [4.78, 5) is 2.51. The zero-order valence-corrected chi connectivity index (χ0v) is 11.9. The Morgan fingerprint density at radius 3 is 3.00 bits per heavy atom. The number of nitrogens with zero attached hydrogens (tertiary/aromatic N) is 1. The number of morpholine rings is 1. The Labute approximate surface area is 120 Å². The molecule has 0 radical (unpaired) electrons. The highest BCUT2D eigenvalue weighted by Crippen LogP contribution is 2.35. The molecule has 0 spiro atoms. The van der Waals surface area contributed by atoms with Gasteiger partial charge in [0.2, 0.25) is 0 Å². The van der Waals surface area contributed by atoms with Crippen molar-refractivity contribution >= 4 is 0 Å². The van der Waals surface area contributed by atoms with Gasteiger partial charge in [0.25, 0.3) is 0 Å². The highest BCUT2D eigenvalue weighted by atomic mass is 16.5. The minimum atomic E-state index is 0.262. The SMILES string of the molecule is c1coc(CN2CCO[C@H]3[C@@H](OCC4CC4)CC[C@@H]32)c1. The van der Waals surface area contributed by atoms with Crippen LogP contribution in [-0.2, 0) is 16.0 Å². The van der Waals surface area contributed by atoms with Crippen molar-refractivity contribution in [2.45, 2.75) is 50.5 Å². The monoisotopic (exact) mass is 277 g/mol. The summed E-state index contributed by atoms with van der Waals surface area (Å²) in [6.45, 7) is 3.64. The molecule has 3 aliphatic rings. The lowest BCUT2D eigenvalue weighted by Crippen LogP contribution is -2.51. The minimum Gasteiger partial charge on any atom is -0.468 e. The zero-order valence-electron chi connectivity index (χ0n) is 11.9. The first kappa shape index (κ1) is 12.9. The van der Waals surface area contributed by atoms with Gasteiger partial charge in [-0.15, -0.1) is 0 Å². The van der Waals surface area contributed by atoms with Gasteiger partial charge in [0.15, 0.2) is 0 Å². The van der Waals surface area contributed by atoms with Crippen LogP contribution in [0.25, 0.3) is 0 Å². The maximum absolute atomic E-state index is 6.10. The third-order valence-electron chi connectivity index (χ3n) is 4.83. The fourth-order valence-corrected chi connectivity index (χ4v) is 3.51. The standard InChI is InChI=1S/C16H23NO3/c1-2-13(18-8-1)10-17-7-9-19-16-14(17)5-6-15(16)20-11-12-3-4-12/h1-2,8,12,14-16H,3-7,9-11H2/t14-,15-,16+/m0/s1. The fourth-order valence-electron chi connectivity index (χ4n) is 3.51. The topological polar surface area (TPSA) is 34.8 Å². The first-order valence-corrected chi connectivity index (χ1v) is 7.90. The quantitative estimate of drug-likeness (QED) is 0.828. The van der Waals surface area contributed by atoms with Crippen molar-refractivity contribution in [2.75, 3.05) is 19.8 Å². The van der Waals surface area contributed by atoms with Crippen LogP contribution in [0.15, 0.2) is 22.8 Å². The van der Waals surface area contributed by atoms with E-state index in [1.165, 1.54) is 19.3 Å². The van der Waals surface area contributed by atoms with E-state index >= 15 is 0 Å². The van der Waals surface area contributed by atoms with Gasteiger partial charge in [-0.05, 0) is 43.7 Å². The normalized spacial score (nSPS) is 34.3. The summed E-state index contributed by atoms with van der Waals surface area (Å²) >= 11 is 0. The van der Waals surface area contributed by atoms with E-state index in [0.29, 0.717) is 12.1 Å². The fraction of sp³-hybridized carbons (Fsp3) is 0.750. The largest absolute Gasteiger partial charge is 0.468 e. The molecule has 4 heteroatoms. The molecule has 0 bridgehead atoms. The van der Waals surface area contributed by atoms with E-state index < -0.39 is 0 Å². The Kier molecular flexibility index (Phi) is 3.54. The Bertz CT molecular complexity index is 429. The average Bonchev–Trinajstić information content (AvgIpc) is 2.98. The lowest BCUT2D eigenvalue weighted by Gasteiger charge is -2.38. The van der Waals surface area contributed by atoms with Crippen LogP contribution in [0, 0.1) is 5.92 Å². The van der Waals surface area contributed by atoms with E-state index in [1.807, 2.05) is 6.07 Å². The van der Waals surface area contributed by atoms with E-state index in [2.05, 4.69) is 11.0 Å². The predicted molar refractivity (Wildman–Crippen MR) is 74.3 cm³/mol. The Balaban J connectivity index is 1.37. The highest BCUT2D eigenvalue weighted by Gasteiger charge is 2.43. The number of ether oxygens (including phenoxy) is 2. The molecule has 1 aromatic rings. The van der Waals surface area contributed by atoms with Crippen LogP contribution in [0.3, 0.4) is 0 Å². The maximum Gasteiger partial charge on any atom is 0.117 e. The molecule has 2 heterocycles. The minimum absolute atomic E-state index is 0.262. The van der Waals surface area contributed by atoms with Gasteiger partial charge in [-0.3, -0.25) is 4.90 Å². The number of furan rings is 1. The molecule has 20 heavy (non-hydrogen) atoms. The first-order valence-electron chi connectivity index (χ1n) is 7.90. The van der Waals surface area contributed by atoms with Crippen LogP contribution in [0.4, 0.5) is 0 Å². The molecular weight excluding hydrogens is 254 g/mol. The predicted octanol–water partition coefficient (Wildman–Crippen LogP) is 2.44. The number of fused-ring (bicyclic) bond motifs is 1. The highest BCUT2D eigenvalue weighted by molar-refractivity contribution is 5.02.